The number of benzene rings is 1. The SMILES string of the molecule is CC(=O)N/C(=C/I)c1ccc(F)cc1. The molecule has 4 heteroatoms. The predicted octanol–water partition coefficient (Wildman–Crippen LogP) is 2.70. The van der Waals surface area contributed by atoms with E-state index in [1.807, 2.05) is 22.6 Å². The highest BCUT2D eigenvalue weighted by atomic mass is 127. The van der Waals surface area contributed by atoms with Gasteiger partial charge in [0, 0.05) is 11.0 Å². The summed E-state index contributed by atoms with van der Waals surface area (Å²) in [6, 6.07) is 5.96. The lowest BCUT2D eigenvalue weighted by Crippen LogP contribution is -2.17. The van der Waals surface area contributed by atoms with Crippen molar-refractivity contribution in [2.45, 2.75) is 6.92 Å². The summed E-state index contributed by atoms with van der Waals surface area (Å²) in [5.41, 5.74) is 1.47. The van der Waals surface area contributed by atoms with E-state index in [1.54, 1.807) is 16.2 Å². The largest absolute Gasteiger partial charge is 0.325 e. The Labute approximate surface area is 95.3 Å². The van der Waals surface area contributed by atoms with Crippen molar-refractivity contribution >= 4 is 34.2 Å². The molecule has 2 nitrogen and oxygen atoms in total. The number of nitrogens with one attached hydrogen (secondary N) is 1. The minimum atomic E-state index is -0.288. The van der Waals surface area contributed by atoms with E-state index in [1.165, 1.54) is 19.1 Å². The summed E-state index contributed by atoms with van der Waals surface area (Å²) < 4.78 is 14.4. The van der Waals surface area contributed by atoms with Crippen molar-refractivity contribution in [1.82, 2.24) is 5.32 Å². The molecule has 0 aliphatic heterocycles. The Morgan fingerprint density at radius 1 is 1.43 bits per heavy atom. The number of halogens is 2. The van der Waals surface area contributed by atoms with Crippen molar-refractivity contribution in [1.29, 1.82) is 0 Å². The third kappa shape index (κ3) is 3.10. The molecule has 0 aliphatic carbocycles. The number of carbonyl (C=O) groups excluding carboxylic acids is 1. The fraction of sp³-hybridized carbons (Fsp3) is 0.100. The van der Waals surface area contributed by atoms with Crippen molar-refractivity contribution in [3.05, 3.63) is 39.7 Å². The van der Waals surface area contributed by atoms with Gasteiger partial charge in [0.2, 0.25) is 5.91 Å². The molecule has 0 atom stereocenters. The molecule has 0 saturated carbocycles. The van der Waals surface area contributed by atoms with Crippen LogP contribution in [0.2, 0.25) is 0 Å². The molecule has 0 saturated heterocycles. The first-order valence-corrected chi connectivity index (χ1v) is 5.22. The van der Waals surface area contributed by atoms with Gasteiger partial charge in [-0.2, -0.15) is 0 Å². The van der Waals surface area contributed by atoms with Gasteiger partial charge in [0.15, 0.2) is 0 Å². The maximum Gasteiger partial charge on any atom is 0.221 e. The molecule has 1 aromatic carbocycles. The Morgan fingerprint density at radius 3 is 2.43 bits per heavy atom. The molecule has 1 N–H and O–H groups in total. The maximum absolute atomic E-state index is 12.6. The van der Waals surface area contributed by atoms with Gasteiger partial charge in [-0.3, -0.25) is 4.79 Å². The Balaban J connectivity index is 2.91. The summed E-state index contributed by atoms with van der Waals surface area (Å²) in [5, 5.41) is 2.66. The molecule has 0 bridgehead atoms. The molecule has 1 rings (SSSR count). The zero-order chi connectivity index (χ0) is 10.6. The van der Waals surface area contributed by atoms with Crippen LogP contribution in [0.5, 0.6) is 0 Å². The Morgan fingerprint density at radius 2 is 2.00 bits per heavy atom. The molecule has 0 aromatic heterocycles. The third-order valence-electron chi connectivity index (χ3n) is 1.58. The number of carbonyl (C=O) groups is 1. The first-order chi connectivity index (χ1) is 6.63. The number of amides is 1. The number of hydrogen-bond acceptors (Lipinski definition) is 1. The van der Waals surface area contributed by atoms with Crippen molar-refractivity contribution < 1.29 is 9.18 Å². The molecule has 0 fully saturated rings. The van der Waals surface area contributed by atoms with Gasteiger partial charge >= 0.3 is 0 Å². The smallest absolute Gasteiger partial charge is 0.221 e. The molecule has 0 unspecified atom stereocenters. The van der Waals surface area contributed by atoms with Gasteiger partial charge < -0.3 is 5.32 Å². The van der Waals surface area contributed by atoms with Crippen LogP contribution >= 0.6 is 22.6 Å². The van der Waals surface area contributed by atoms with E-state index < -0.39 is 0 Å². The third-order valence-corrected chi connectivity index (χ3v) is 2.20. The number of rotatable bonds is 2. The highest BCUT2D eigenvalue weighted by Gasteiger charge is 2.02. The van der Waals surface area contributed by atoms with E-state index in [0.717, 1.165) is 5.56 Å². The van der Waals surface area contributed by atoms with E-state index in [4.69, 9.17) is 0 Å². The molecule has 14 heavy (non-hydrogen) atoms. The first-order valence-electron chi connectivity index (χ1n) is 3.97. The van der Waals surface area contributed by atoms with Crippen LogP contribution in [0.25, 0.3) is 5.70 Å². The summed E-state index contributed by atoms with van der Waals surface area (Å²) in [6.45, 7) is 1.43. The van der Waals surface area contributed by atoms with Crippen LogP contribution in [0, 0.1) is 5.82 Å². The van der Waals surface area contributed by atoms with Gasteiger partial charge in [0.25, 0.3) is 0 Å². The average molecular weight is 305 g/mol. The van der Waals surface area contributed by atoms with E-state index >= 15 is 0 Å². The molecule has 0 heterocycles. The van der Waals surface area contributed by atoms with Gasteiger partial charge in [0.05, 0.1) is 5.70 Å². The van der Waals surface area contributed by atoms with Gasteiger partial charge in [-0.15, -0.1) is 0 Å². The fourth-order valence-electron chi connectivity index (χ4n) is 0.982. The summed E-state index contributed by atoms with van der Waals surface area (Å²) in [7, 11) is 0. The molecule has 74 valence electrons. The summed E-state index contributed by atoms with van der Waals surface area (Å²) in [5.74, 6) is -0.429. The molecule has 1 aromatic rings. The Kier molecular flexibility index (Phi) is 4.06. The second-order valence-electron chi connectivity index (χ2n) is 2.71. The molecular formula is C10H9FINO. The molecule has 1 amide bonds. The first kappa shape index (κ1) is 11.2. The quantitative estimate of drug-likeness (QED) is 0.836. The Bertz CT molecular complexity index is 359. The molecule has 0 aliphatic rings. The van der Waals surface area contributed by atoms with E-state index in [0.29, 0.717) is 5.70 Å². The van der Waals surface area contributed by atoms with Gasteiger partial charge in [-0.05, 0) is 29.8 Å². The van der Waals surface area contributed by atoms with Crippen molar-refractivity contribution in [2.75, 3.05) is 0 Å². The Hall–Kier alpha value is -0.910. The van der Waals surface area contributed by atoms with Crippen LogP contribution in [0.4, 0.5) is 4.39 Å². The van der Waals surface area contributed by atoms with E-state index in [-0.39, 0.29) is 11.7 Å². The molecular weight excluding hydrogens is 296 g/mol. The van der Waals surface area contributed by atoms with Crippen LogP contribution in [-0.4, -0.2) is 5.91 Å². The van der Waals surface area contributed by atoms with Crippen molar-refractivity contribution in [3.63, 3.8) is 0 Å². The maximum atomic E-state index is 12.6. The monoisotopic (exact) mass is 305 g/mol. The second-order valence-corrected chi connectivity index (χ2v) is 3.33. The average Bonchev–Trinajstić information content (AvgIpc) is 2.15. The topological polar surface area (TPSA) is 29.1 Å². The normalized spacial score (nSPS) is 11.2. The highest BCUT2D eigenvalue weighted by molar-refractivity contribution is 14.1. The minimum absolute atomic E-state index is 0.141. The summed E-state index contributed by atoms with van der Waals surface area (Å²) in [4.78, 5) is 10.8. The standard InChI is InChI=1S/C10H9FINO/c1-7(14)13-10(6-12)8-2-4-9(11)5-3-8/h2-6H,1H3,(H,13,14)/b10-6+. The van der Waals surface area contributed by atoms with Crippen LogP contribution in [-0.2, 0) is 4.79 Å². The predicted molar refractivity (Wildman–Crippen MR) is 62.2 cm³/mol. The lowest BCUT2D eigenvalue weighted by molar-refractivity contribution is -0.117. The van der Waals surface area contributed by atoms with E-state index in [2.05, 4.69) is 5.32 Å². The van der Waals surface area contributed by atoms with E-state index in [9.17, 15) is 9.18 Å². The highest BCUT2D eigenvalue weighted by Crippen LogP contribution is 2.13. The number of hydrogen-bond donors (Lipinski definition) is 1. The second kappa shape index (κ2) is 5.09. The summed E-state index contributed by atoms with van der Waals surface area (Å²) >= 11 is 2.02. The van der Waals surface area contributed by atoms with Crippen LogP contribution in [0.15, 0.2) is 28.3 Å². The zero-order valence-corrected chi connectivity index (χ0v) is 9.71. The van der Waals surface area contributed by atoms with Crippen LogP contribution in [0.1, 0.15) is 12.5 Å². The molecule has 0 radical (unpaired) electrons. The lowest BCUT2D eigenvalue weighted by atomic mass is 10.2. The molecule has 0 spiro atoms. The fourth-order valence-corrected chi connectivity index (χ4v) is 1.50. The zero-order valence-electron chi connectivity index (χ0n) is 7.55. The van der Waals surface area contributed by atoms with Crippen LogP contribution in [0.3, 0.4) is 0 Å². The van der Waals surface area contributed by atoms with Gasteiger partial charge in [-0.1, -0.05) is 22.6 Å². The minimum Gasteiger partial charge on any atom is -0.325 e. The van der Waals surface area contributed by atoms with Crippen molar-refractivity contribution in [3.8, 4) is 0 Å². The van der Waals surface area contributed by atoms with Gasteiger partial charge in [-0.25, -0.2) is 4.39 Å². The van der Waals surface area contributed by atoms with Crippen molar-refractivity contribution in [2.24, 2.45) is 0 Å². The lowest BCUT2D eigenvalue weighted by Gasteiger charge is -2.06. The van der Waals surface area contributed by atoms with Gasteiger partial charge in [0.1, 0.15) is 5.82 Å². The van der Waals surface area contributed by atoms with Crippen LogP contribution < -0.4 is 5.32 Å². The summed E-state index contributed by atoms with van der Waals surface area (Å²) in [6.07, 6.45) is 0.